The van der Waals surface area contributed by atoms with Crippen LogP contribution in [0.1, 0.15) is 48.9 Å². The molecule has 136 valence electrons. The molecule has 0 unspecified atom stereocenters. The molecule has 2 aromatic heterocycles. The Bertz CT molecular complexity index is 812. The maximum Gasteiger partial charge on any atom is 0.151 e. The average molecular weight is 351 g/mol. The molecule has 1 aliphatic rings. The van der Waals surface area contributed by atoms with E-state index in [1.54, 1.807) is 12.5 Å². The van der Waals surface area contributed by atoms with E-state index in [1.165, 1.54) is 5.56 Å². The van der Waals surface area contributed by atoms with Crippen molar-refractivity contribution in [3.05, 3.63) is 66.3 Å². The SMILES string of the molecule is O[C@@H]1CCCC[C@H]1n1nc(CCc2ccccc2)nc1Cn1ccnc1. The number of aryl methyl sites for hydroxylation is 2. The van der Waals surface area contributed by atoms with Gasteiger partial charge in [0, 0.05) is 18.8 Å². The van der Waals surface area contributed by atoms with Gasteiger partial charge < -0.3 is 9.67 Å². The standard InChI is InChI=1S/C20H25N5O/c26-18-9-5-4-8-17(18)25-20(14-24-13-12-21-15-24)22-19(23-25)11-10-16-6-2-1-3-7-16/h1-3,6-7,12-13,15,17-18,26H,4-5,8-11,14H2/t17-,18-/m1/s1. The summed E-state index contributed by atoms with van der Waals surface area (Å²) in [6.45, 7) is 0.627. The zero-order valence-corrected chi connectivity index (χ0v) is 14.9. The Morgan fingerprint density at radius 1 is 1.08 bits per heavy atom. The van der Waals surface area contributed by atoms with Gasteiger partial charge in [-0.3, -0.25) is 0 Å². The number of aromatic nitrogens is 5. The molecule has 1 saturated carbocycles. The third-order valence-corrected chi connectivity index (χ3v) is 5.12. The Kier molecular flexibility index (Phi) is 5.11. The van der Waals surface area contributed by atoms with E-state index >= 15 is 0 Å². The fraction of sp³-hybridized carbons (Fsp3) is 0.450. The van der Waals surface area contributed by atoms with Gasteiger partial charge in [0.2, 0.25) is 0 Å². The van der Waals surface area contributed by atoms with Crippen LogP contribution in [0.4, 0.5) is 0 Å². The quantitative estimate of drug-likeness (QED) is 0.741. The molecule has 26 heavy (non-hydrogen) atoms. The maximum absolute atomic E-state index is 10.5. The van der Waals surface area contributed by atoms with Crippen LogP contribution in [0.2, 0.25) is 0 Å². The van der Waals surface area contributed by atoms with Gasteiger partial charge in [-0.25, -0.2) is 14.6 Å². The Hall–Kier alpha value is -2.47. The average Bonchev–Trinajstić information content (AvgIpc) is 3.32. The maximum atomic E-state index is 10.5. The predicted molar refractivity (Wildman–Crippen MR) is 98.7 cm³/mol. The normalized spacial score (nSPS) is 20.3. The fourth-order valence-corrected chi connectivity index (χ4v) is 3.71. The van der Waals surface area contributed by atoms with Gasteiger partial charge in [-0.1, -0.05) is 43.2 Å². The largest absolute Gasteiger partial charge is 0.391 e. The third-order valence-electron chi connectivity index (χ3n) is 5.12. The van der Waals surface area contributed by atoms with Gasteiger partial charge in [-0.05, 0) is 24.8 Å². The first kappa shape index (κ1) is 17.0. The van der Waals surface area contributed by atoms with Crippen LogP contribution in [-0.2, 0) is 19.4 Å². The van der Waals surface area contributed by atoms with Crippen molar-refractivity contribution in [3.63, 3.8) is 0 Å². The minimum atomic E-state index is -0.339. The zero-order chi connectivity index (χ0) is 17.8. The Balaban J connectivity index is 1.56. The van der Waals surface area contributed by atoms with E-state index < -0.39 is 0 Å². The fourth-order valence-electron chi connectivity index (χ4n) is 3.71. The summed E-state index contributed by atoms with van der Waals surface area (Å²) in [5.74, 6) is 1.75. The van der Waals surface area contributed by atoms with Gasteiger partial charge in [0.1, 0.15) is 5.82 Å². The van der Waals surface area contributed by atoms with Crippen LogP contribution in [0.15, 0.2) is 49.1 Å². The summed E-state index contributed by atoms with van der Waals surface area (Å²) < 4.78 is 3.97. The molecule has 1 N–H and O–H groups in total. The molecular formula is C20H25N5O. The highest BCUT2D eigenvalue weighted by Crippen LogP contribution is 2.29. The van der Waals surface area contributed by atoms with Gasteiger partial charge in [-0.2, -0.15) is 5.10 Å². The van der Waals surface area contributed by atoms with Crippen molar-refractivity contribution in [1.82, 2.24) is 24.3 Å². The minimum Gasteiger partial charge on any atom is -0.391 e. The van der Waals surface area contributed by atoms with Crippen LogP contribution >= 0.6 is 0 Å². The van der Waals surface area contributed by atoms with Gasteiger partial charge in [-0.15, -0.1) is 0 Å². The molecule has 6 heteroatoms. The van der Waals surface area contributed by atoms with Gasteiger partial charge in [0.15, 0.2) is 5.82 Å². The zero-order valence-electron chi connectivity index (χ0n) is 14.9. The van der Waals surface area contributed by atoms with Crippen LogP contribution in [0.25, 0.3) is 0 Å². The van der Waals surface area contributed by atoms with E-state index in [0.29, 0.717) is 6.54 Å². The molecule has 6 nitrogen and oxygen atoms in total. The molecule has 0 spiro atoms. The predicted octanol–water partition coefficient (Wildman–Crippen LogP) is 2.78. The van der Waals surface area contributed by atoms with E-state index in [0.717, 1.165) is 50.2 Å². The number of nitrogens with zero attached hydrogens (tertiary/aromatic N) is 5. The van der Waals surface area contributed by atoms with Crippen molar-refractivity contribution < 1.29 is 5.11 Å². The second kappa shape index (κ2) is 7.83. The van der Waals surface area contributed by atoms with Crippen molar-refractivity contribution in [2.75, 3.05) is 0 Å². The Morgan fingerprint density at radius 2 is 1.92 bits per heavy atom. The highest BCUT2D eigenvalue weighted by molar-refractivity contribution is 5.15. The van der Waals surface area contributed by atoms with Gasteiger partial charge in [0.25, 0.3) is 0 Å². The lowest BCUT2D eigenvalue weighted by Crippen LogP contribution is -2.30. The lowest BCUT2D eigenvalue weighted by molar-refractivity contribution is 0.0673. The molecule has 0 amide bonds. The number of aliphatic hydroxyl groups excluding tert-OH is 1. The van der Waals surface area contributed by atoms with Crippen LogP contribution in [0.3, 0.4) is 0 Å². The first-order valence-electron chi connectivity index (χ1n) is 9.41. The van der Waals surface area contributed by atoms with Crippen LogP contribution < -0.4 is 0 Å². The highest BCUT2D eigenvalue weighted by atomic mass is 16.3. The molecule has 2 heterocycles. The highest BCUT2D eigenvalue weighted by Gasteiger charge is 2.28. The molecule has 1 aromatic carbocycles. The molecule has 0 radical (unpaired) electrons. The monoisotopic (exact) mass is 351 g/mol. The summed E-state index contributed by atoms with van der Waals surface area (Å²) >= 11 is 0. The minimum absolute atomic E-state index is 0.0280. The van der Waals surface area contributed by atoms with Crippen molar-refractivity contribution in [1.29, 1.82) is 0 Å². The van der Waals surface area contributed by atoms with E-state index in [-0.39, 0.29) is 12.1 Å². The molecule has 1 aliphatic carbocycles. The van der Waals surface area contributed by atoms with Crippen LogP contribution in [-0.4, -0.2) is 35.5 Å². The van der Waals surface area contributed by atoms with Crippen molar-refractivity contribution in [2.24, 2.45) is 0 Å². The molecule has 3 aromatic rings. The molecule has 1 fully saturated rings. The molecular weight excluding hydrogens is 326 g/mol. The summed E-state index contributed by atoms with van der Waals surface area (Å²) in [6.07, 6.45) is 10.9. The molecule has 2 atom stereocenters. The first-order chi connectivity index (χ1) is 12.8. The Labute approximate surface area is 153 Å². The van der Waals surface area contributed by atoms with Crippen LogP contribution in [0.5, 0.6) is 0 Å². The third kappa shape index (κ3) is 3.85. The summed E-state index contributed by atoms with van der Waals surface area (Å²) in [5, 5.41) is 15.3. The summed E-state index contributed by atoms with van der Waals surface area (Å²) in [5.41, 5.74) is 1.29. The lowest BCUT2D eigenvalue weighted by atomic mass is 9.93. The summed E-state index contributed by atoms with van der Waals surface area (Å²) in [6, 6.07) is 10.4. The van der Waals surface area contributed by atoms with E-state index in [1.807, 2.05) is 21.5 Å². The summed E-state index contributed by atoms with van der Waals surface area (Å²) in [7, 11) is 0. The summed E-state index contributed by atoms with van der Waals surface area (Å²) in [4.78, 5) is 8.92. The van der Waals surface area contributed by atoms with Crippen molar-refractivity contribution in [3.8, 4) is 0 Å². The van der Waals surface area contributed by atoms with E-state index in [9.17, 15) is 5.11 Å². The number of imidazole rings is 1. The smallest absolute Gasteiger partial charge is 0.151 e. The number of aliphatic hydroxyl groups is 1. The van der Waals surface area contributed by atoms with Gasteiger partial charge >= 0.3 is 0 Å². The lowest BCUT2D eigenvalue weighted by Gasteiger charge is -2.28. The second-order valence-corrected chi connectivity index (χ2v) is 7.03. The molecule has 4 rings (SSSR count). The number of hydrogen-bond acceptors (Lipinski definition) is 4. The topological polar surface area (TPSA) is 68.8 Å². The van der Waals surface area contributed by atoms with Crippen LogP contribution in [0, 0.1) is 0 Å². The van der Waals surface area contributed by atoms with Crippen molar-refractivity contribution in [2.45, 2.75) is 57.2 Å². The first-order valence-corrected chi connectivity index (χ1v) is 9.41. The molecule has 0 saturated heterocycles. The number of benzene rings is 1. The van der Waals surface area contributed by atoms with Gasteiger partial charge in [0.05, 0.1) is 25.0 Å². The second-order valence-electron chi connectivity index (χ2n) is 7.03. The van der Waals surface area contributed by atoms with Crippen molar-refractivity contribution >= 4 is 0 Å². The molecule has 0 aliphatic heterocycles. The molecule has 0 bridgehead atoms. The van der Waals surface area contributed by atoms with E-state index in [4.69, 9.17) is 10.1 Å². The number of rotatable bonds is 6. The number of hydrogen-bond donors (Lipinski definition) is 1. The van der Waals surface area contributed by atoms with E-state index in [2.05, 4.69) is 29.2 Å². The Morgan fingerprint density at radius 3 is 2.69 bits per heavy atom.